The molecule has 9 nitrogen and oxygen atoms in total. The first kappa shape index (κ1) is 22.6. The van der Waals surface area contributed by atoms with Gasteiger partial charge in [-0.05, 0) is 49.4 Å². The zero-order chi connectivity index (χ0) is 23.3. The van der Waals surface area contributed by atoms with Gasteiger partial charge >= 0.3 is 0 Å². The Labute approximate surface area is 184 Å². The van der Waals surface area contributed by atoms with Crippen LogP contribution in [0.2, 0.25) is 0 Å². The van der Waals surface area contributed by atoms with Gasteiger partial charge in [-0.15, -0.1) is 0 Å². The second-order valence-corrected chi connectivity index (χ2v) is 8.58. The highest BCUT2D eigenvalue weighted by Gasteiger charge is 2.33. The topological polar surface area (TPSA) is 127 Å². The highest BCUT2D eigenvalue weighted by Crippen LogP contribution is 2.29. The molecule has 0 spiro atoms. The molecule has 0 saturated heterocycles. The van der Waals surface area contributed by atoms with Gasteiger partial charge in [0.1, 0.15) is 6.54 Å². The van der Waals surface area contributed by atoms with E-state index >= 15 is 0 Å². The van der Waals surface area contributed by atoms with Gasteiger partial charge in [-0.25, -0.2) is 8.42 Å². The van der Waals surface area contributed by atoms with E-state index in [-0.39, 0.29) is 11.5 Å². The number of amides is 1. The molecule has 0 heterocycles. The van der Waals surface area contributed by atoms with Crippen LogP contribution in [0.1, 0.15) is 17.3 Å². The zero-order valence-corrected chi connectivity index (χ0v) is 17.8. The minimum absolute atomic E-state index is 0.131. The summed E-state index contributed by atoms with van der Waals surface area (Å²) >= 11 is 0. The number of sulfonamides is 1. The fourth-order valence-electron chi connectivity index (χ4n) is 2.97. The molecule has 0 fully saturated rings. The summed E-state index contributed by atoms with van der Waals surface area (Å²) in [5.41, 5.74) is 0.422. The third kappa shape index (κ3) is 4.98. The highest BCUT2D eigenvalue weighted by molar-refractivity contribution is 7.93. The Morgan fingerprint density at radius 1 is 0.938 bits per heavy atom. The number of hydrogen-bond acceptors (Lipinski definition) is 6. The Balaban J connectivity index is 1.94. The molecule has 3 aromatic rings. The predicted octanol–water partition coefficient (Wildman–Crippen LogP) is 3.63. The minimum Gasteiger partial charge on any atom is -0.325 e. The number of carbonyl (C=O) groups is 2. The van der Waals surface area contributed by atoms with E-state index in [1.807, 2.05) is 0 Å². The molecule has 0 radical (unpaired) electrons. The summed E-state index contributed by atoms with van der Waals surface area (Å²) in [6.45, 7) is 0.797. The first-order valence-corrected chi connectivity index (χ1v) is 10.9. The Hall–Kier alpha value is -4.05. The SMILES string of the molecule is CC(=O)c1ccc(NC(=O)CN(c2ccccc2)S(=O)(=O)c2ccccc2[N+](=O)[O-])cc1. The van der Waals surface area contributed by atoms with Crippen molar-refractivity contribution in [2.24, 2.45) is 0 Å². The number of Topliss-reactive ketones (excluding diaryl/α,β-unsaturated/α-hetero) is 1. The minimum atomic E-state index is -4.45. The molecule has 0 saturated carbocycles. The van der Waals surface area contributed by atoms with Gasteiger partial charge in [0, 0.05) is 17.3 Å². The summed E-state index contributed by atoms with van der Waals surface area (Å²) in [5.74, 6) is -0.791. The van der Waals surface area contributed by atoms with Crippen LogP contribution >= 0.6 is 0 Å². The number of carbonyl (C=O) groups excluding carboxylic acids is 2. The molecule has 32 heavy (non-hydrogen) atoms. The van der Waals surface area contributed by atoms with Crippen LogP contribution in [-0.2, 0) is 14.8 Å². The molecule has 0 atom stereocenters. The lowest BCUT2D eigenvalue weighted by atomic mass is 10.1. The predicted molar refractivity (Wildman–Crippen MR) is 119 cm³/mol. The van der Waals surface area contributed by atoms with Gasteiger partial charge in [-0.2, -0.15) is 0 Å². The Kier molecular flexibility index (Phi) is 6.64. The van der Waals surface area contributed by atoms with Gasteiger partial charge in [0.2, 0.25) is 5.91 Å². The maximum absolute atomic E-state index is 13.4. The molecule has 0 aromatic heterocycles. The van der Waals surface area contributed by atoms with Crippen LogP contribution in [0, 0.1) is 10.1 Å². The number of benzene rings is 3. The van der Waals surface area contributed by atoms with Crippen LogP contribution in [-0.4, -0.2) is 31.6 Å². The number of nitro groups is 1. The average Bonchev–Trinajstić information content (AvgIpc) is 2.78. The molecule has 0 bridgehead atoms. The van der Waals surface area contributed by atoms with E-state index in [4.69, 9.17) is 0 Å². The molecule has 164 valence electrons. The van der Waals surface area contributed by atoms with Crippen LogP contribution in [0.15, 0.2) is 83.8 Å². The Morgan fingerprint density at radius 3 is 2.12 bits per heavy atom. The summed E-state index contributed by atoms with van der Waals surface area (Å²) in [6.07, 6.45) is 0. The van der Waals surface area contributed by atoms with Crippen molar-refractivity contribution in [3.63, 3.8) is 0 Å². The van der Waals surface area contributed by atoms with Gasteiger partial charge in [-0.3, -0.25) is 24.0 Å². The molecule has 10 heteroatoms. The van der Waals surface area contributed by atoms with Crippen molar-refractivity contribution < 1.29 is 22.9 Å². The molecule has 0 aliphatic carbocycles. The van der Waals surface area contributed by atoms with Crippen LogP contribution in [0.5, 0.6) is 0 Å². The van der Waals surface area contributed by atoms with Crippen LogP contribution in [0.3, 0.4) is 0 Å². The number of nitro benzene ring substituents is 1. The number of anilines is 2. The second kappa shape index (κ2) is 9.40. The van der Waals surface area contributed by atoms with E-state index in [1.165, 1.54) is 55.5 Å². The Bertz CT molecular complexity index is 1260. The summed E-state index contributed by atoms with van der Waals surface area (Å²) in [5, 5.41) is 14.0. The van der Waals surface area contributed by atoms with Crippen molar-refractivity contribution >= 4 is 38.8 Å². The van der Waals surface area contributed by atoms with E-state index in [0.29, 0.717) is 11.3 Å². The normalized spacial score (nSPS) is 10.9. The number of ketones is 1. The number of hydrogen-bond donors (Lipinski definition) is 1. The number of para-hydroxylation sites is 2. The van der Waals surface area contributed by atoms with E-state index in [9.17, 15) is 28.1 Å². The van der Waals surface area contributed by atoms with Crippen molar-refractivity contribution in [1.82, 2.24) is 0 Å². The monoisotopic (exact) mass is 453 g/mol. The van der Waals surface area contributed by atoms with Crippen LogP contribution in [0.25, 0.3) is 0 Å². The largest absolute Gasteiger partial charge is 0.325 e. The van der Waals surface area contributed by atoms with Gasteiger partial charge in [0.05, 0.1) is 10.6 Å². The van der Waals surface area contributed by atoms with E-state index in [1.54, 1.807) is 18.2 Å². The van der Waals surface area contributed by atoms with Crippen molar-refractivity contribution in [1.29, 1.82) is 0 Å². The summed E-state index contributed by atoms with van der Waals surface area (Å²) < 4.78 is 27.6. The second-order valence-electron chi connectivity index (χ2n) is 6.75. The van der Waals surface area contributed by atoms with Crippen molar-refractivity contribution in [2.45, 2.75) is 11.8 Å². The van der Waals surface area contributed by atoms with E-state index in [0.717, 1.165) is 16.4 Å². The highest BCUT2D eigenvalue weighted by atomic mass is 32.2. The Morgan fingerprint density at radius 2 is 1.53 bits per heavy atom. The smallest absolute Gasteiger partial charge is 0.289 e. The fourth-order valence-corrected chi connectivity index (χ4v) is 4.55. The summed E-state index contributed by atoms with van der Waals surface area (Å²) in [6, 6.07) is 18.9. The van der Waals surface area contributed by atoms with Crippen molar-refractivity contribution in [2.75, 3.05) is 16.2 Å². The lowest BCUT2D eigenvalue weighted by molar-refractivity contribution is -0.387. The first-order valence-electron chi connectivity index (χ1n) is 9.42. The van der Waals surface area contributed by atoms with Crippen molar-refractivity contribution in [3.8, 4) is 0 Å². The molecular weight excluding hydrogens is 434 g/mol. The van der Waals surface area contributed by atoms with Gasteiger partial charge in [0.25, 0.3) is 15.7 Å². The van der Waals surface area contributed by atoms with Gasteiger partial charge in [0.15, 0.2) is 10.7 Å². The number of nitrogens with one attached hydrogen (secondary N) is 1. The average molecular weight is 453 g/mol. The molecule has 0 unspecified atom stereocenters. The van der Waals surface area contributed by atoms with E-state index in [2.05, 4.69) is 5.32 Å². The third-order valence-corrected chi connectivity index (χ3v) is 6.36. The number of nitrogens with zero attached hydrogens (tertiary/aromatic N) is 2. The first-order chi connectivity index (χ1) is 15.2. The number of rotatable bonds is 8. The fraction of sp³-hybridized carbons (Fsp3) is 0.0909. The molecule has 0 aliphatic rings. The lowest BCUT2D eigenvalue weighted by Crippen LogP contribution is -2.38. The molecular formula is C22H19N3O6S. The van der Waals surface area contributed by atoms with Gasteiger partial charge < -0.3 is 5.32 Å². The molecule has 3 rings (SSSR count). The van der Waals surface area contributed by atoms with E-state index < -0.39 is 38.0 Å². The molecule has 3 aromatic carbocycles. The molecule has 0 aliphatic heterocycles. The van der Waals surface area contributed by atoms with Crippen LogP contribution < -0.4 is 9.62 Å². The maximum Gasteiger partial charge on any atom is 0.289 e. The maximum atomic E-state index is 13.4. The van der Waals surface area contributed by atoms with Gasteiger partial charge in [-0.1, -0.05) is 30.3 Å². The zero-order valence-electron chi connectivity index (χ0n) is 17.0. The third-order valence-electron chi connectivity index (χ3n) is 4.54. The molecule has 1 N–H and O–H groups in total. The quantitative estimate of drug-likeness (QED) is 0.315. The molecule has 1 amide bonds. The lowest BCUT2D eigenvalue weighted by Gasteiger charge is -2.24. The summed E-state index contributed by atoms with van der Waals surface area (Å²) in [7, 11) is -4.45. The van der Waals surface area contributed by atoms with Crippen molar-refractivity contribution in [3.05, 3.63) is 94.5 Å². The standard InChI is InChI=1S/C22H19N3O6S/c1-16(26)17-11-13-18(14-12-17)23-22(27)15-24(19-7-3-2-4-8-19)32(30,31)21-10-6-5-9-20(21)25(28)29/h2-14H,15H2,1H3,(H,23,27). The summed E-state index contributed by atoms with van der Waals surface area (Å²) in [4.78, 5) is 34.2. The van der Waals surface area contributed by atoms with Crippen LogP contribution in [0.4, 0.5) is 17.1 Å².